The molecular formula is C12H8Cl2O4S. The van der Waals surface area contributed by atoms with Gasteiger partial charge < -0.3 is 9.52 Å². The van der Waals surface area contributed by atoms with Crippen LogP contribution in [0.15, 0.2) is 39.8 Å². The molecule has 0 bridgehead atoms. The fourth-order valence-electron chi connectivity index (χ4n) is 1.44. The zero-order valence-electron chi connectivity index (χ0n) is 9.43. The smallest absolute Gasteiger partial charge is 0.338 e. The van der Waals surface area contributed by atoms with Crippen LogP contribution in [0.2, 0.25) is 10.0 Å². The van der Waals surface area contributed by atoms with Crippen LogP contribution in [-0.4, -0.2) is 15.3 Å². The third kappa shape index (κ3) is 3.59. The summed E-state index contributed by atoms with van der Waals surface area (Å²) in [5.74, 6) is -0.706. The van der Waals surface area contributed by atoms with E-state index in [1.807, 2.05) is 0 Å². The average Bonchev–Trinajstić information content (AvgIpc) is 2.76. The first-order valence-corrected chi connectivity index (χ1v) is 7.18. The molecule has 0 spiro atoms. The highest BCUT2D eigenvalue weighted by atomic mass is 35.5. The van der Waals surface area contributed by atoms with E-state index >= 15 is 0 Å². The van der Waals surface area contributed by atoms with E-state index in [2.05, 4.69) is 0 Å². The summed E-state index contributed by atoms with van der Waals surface area (Å²) in [6.45, 7) is 0. The quantitative estimate of drug-likeness (QED) is 0.935. The van der Waals surface area contributed by atoms with Gasteiger partial charge in [0, 0.05) is 14.9 Å². The summed E-state index contributed by atoms with van der Waals surface area (Å²) in [5.41, 5.74) is 0.0242. The van der Waals surface area contributed by atoms with E-state index in [9.17, 15) is 9.00 Å². The molecule has 0 aliphatic heterocycles. The van der Waals surface area contributed by atoms with Crippen LogP contribution in [0.25, 0.3) is 0 Å². The highest BCUT2D eigenvalue weighted by Gasteiger charge is 2.13. The van der Waals surface area contributed by atoms with Crippen molar-refractivity contribution in [2.75, 3.05) is 0 Å². The van der Waals surface area contributed by atoms with Gasteiger partial charge in [-0.05, 0) is 24.3 Å². The number of carboxylic acids is 1. The van der Waals surface area contributed by atoms with Crippen LogP contribution in [0.4, 0.5) is 0 Å². The molecule has 1 aromatic heterocycles. The maximum atomic E-state index is 12.1. The molecule has 1 N–H and O–H groups in total. The lowest BCUT2D eigenvalue weighted by molar-refractivity contribution is 0.0696. The van der Waals surface area contributed by atoms with Gasteiger partial charge in [-0.1, -0.05) is 23.2 Å². The average molecular weight is 319 g/mol. The molecule has 0 saturated heterocycles. The minimum absolute atomic E-state index is 0.0242. The van der Waals surface area contributed by atoms with Crippen LogP contribution in [0.3, 0.4) is 0 Å². The Morgan fingerprint density at radius 1 is 1.21 bits per heavy atom. The largest absolute Gasteiger partial charge is 0.478 e. The number of carboxylic acid groups (broad SMARTS) is 1. The monoisotopic (exact) mass is 318 g/mol. The van der Waals surface area contributed by atoms with Crippen molar-refractivity contribution >= 4 is 40.0 Å². The van der Waals surface area contributed by atoms with Crippen molar-refractivity contribution in [1.29, 1.82) is 0 Å². The minimum Gasteiger partial charge on any atom is -0.478 e. The summed E-state index contributed by atoms with van der Waals surface area (Å²) in [6, 6.07) is 5.97. The fraction of sp³-hybridized carbons (Fsp3) is 0.0833. The van der Waals surface area contributed by atoms with Crippen LogP contribution in [-0.2, 0) is 16.6 Å². The fourth-order valence-corrected chi connectivity index (χ4v) is 3.19. The second-order valence-electron chi connectivity index (χ2n) is 3.70. The Bertz CT molecular complexity index is 631. The second-order valence-corrected chi connectivity index (χ2v) is 6.03. The molecule has 4 nitrogen and oxygen atoms in total. The Balaban J connectivity index is 2.18. The molecule has 1 atom stereocenters. The lowest BCUT2D eigenvalue weighted by Gasteiger charge is -2.02. The lowest BCUT2D eigenvalue weighted by Crippen LogP contribution is -1.96. The number of hydrogen-bond acceptors (Lipinski definition) is 3. The van der Waals surface area contributed by atoms with Gasteiger partial charge in [-0.2, -0.15) is 0 Å². The highest BCUT2D eigenvalue weighted by Crippen LogP contribution is 2.23. The Labute approximate surface area is 121 Å². The highest BCUT2D eigenvalue weighted by molar-refractivity contribution is 7.84. The molecule has 0 aliphatic carbocycles. The summed E-state index contributed by atoms with van der Waals surface area (Å²) in [4.78, 5) is 11.2. The Morgan fingerprint density at radius 3 is 2.37 bits per heavy atom. The zero-order chi connectivity index (χ0) is 14.0. The van der Waals surface area contributed by atoms with Crippen molar-refractivity contribution in [3.63, 3.8) is 0 Å². The third-order valence-electron chi connectivity index (χ3n) is 2.27. The van der Waals surface area contributed by atoms with Gasteiger partial charge >= 0.3 is 5.97 Å². The summed E-state index contributed by atoms with van der Waals surface area (Å²) in [7, 11) is -1.41. The predicted octanol–water partition coefficient (Wildman–Crippen LogP) is 3.59. The molecule has 2 aromatic rings. The molecule has 0 amide bonds. The second kappa shape index (κ2) is 5.77. The van der Waals surface area contributed by atoms with Gasteiger partial charge in [-0.15, -0.1) is 0 Å². The van der Waals surface area contributed by atoms with Crippen LogP contribution < -0.4 is 0 Å². The number of benzene rings is 1. The molecule has 1 heterocycles. The molecule has 1 unspecified atom stereocenters. The normalized spacial score (nSPS) is 12.3. The maximum Gasteiger partial charge on any atom is 0.338 e. The van der Waals surface area contributed by atoms with Gasteiger partial charge in [0.1, 0.15) is 12.0 Å². The van der Waals surface area contributed by atoms with Crippen molar-refractivity contribution in [2.24, 2.45) is 0 Å². The maximum absolute atomic E-state index is 12.1. The minimum atomic E-state index is -1.41. The zero-order valence-corrected chi connectivity index (χ0v) is 11.8. The number of rotatable bonds is 4. The van der Waals surface area contributed by atoms with E-state index in [1.54, 1.807) is 18.2 Å². The number of furan rings is 1. The number of halogens is 2. The van der Waals surface area contributed by atoms with Crippen molar-refractivity contribution in [1.82, 2.24) is 0 Å². The van der Waals surface area contributed by atoms with Gasteiger partial charge in [0.15, 0.2) is 0 Å². The van der Waals surface area contributed by atoms with Crippen molar-refractivity contribution < 1.29 is 18.5 Å². The number of carbonyl (C=O) groups is 1. The van der Waals surface area contributed by atoms with E-state index in [0.29, 0.717) is 20.7 Å². The van der Waals surface area contributed by atoms with E-state index < -0.39 is 16.8 Å². The lowest BCUT2D eigenvalue weighted by atomic mass is 10.3. The van der Waals surface area contributed by atoms with Gasteiger partial charge in [-0.25, -0.2) is 4.79 Å². The van der Waals surface area contributed by atoms with Gasteiger partial charge in [-0.3, -0.25) is 4.21 Å². The molecule has 0 radical (unpaired) electrons. The topological polar surface area (TPSA) is 67.5 Å². The van der Waals surface area contributed by atoms with E-state index in [-0.39, 0.29) is 11.3 Å². The Hall–Kier alpha value is -1.30. The molecule has 1 aromatic carbocycles. The molecule has 0 fully saturated rings. The molecule has 100 valence electrons. The van der Waals surface area contributed by atoms with Crippen molar-refractivity contribution in [2.45, 2.75) is 10.6 Å². The van der Waals surface area contributed by atoms with Crippen LogP contribution in [0, 0.1) is 0 Å². The van der Waals surface area contributed by atoms with E-state index in [0.717, 1.165) is 6.26 Å². The molecule has 0 saturated carbocycles. The predicted molar refractivity (Wildman–Crippen MR) is 72.2 cm³/mol. The van der Waals surface area contributed by atoms with Crippen LogP contribution in [0.1, 0.15) is 16.1 Å². The molecule has 2 rings (SSSR count). The van der Waals surface area contributed by atoms with Crippen molar-refractivity contribution in [3.8, 4) is 0 Å². The van der Waals surface area contributed by atoms with Crippen molar-refractivity contribution in [3.05, 3.63) is 51.9 Å². The van der Waals surface area contributed by atoms with Gasteiger partial charge in [0.2, 0.25) is 0 Å². The van der Waals surface area contributed by atoms with Gasteiger partial charge in [0.25, 0.3) is 0 Å². The number of aromatic carboxylic acids is 1. The Kier molecular flexibility index (Phi) is 4.29. The van der Waals surface area contributed by atoms with Crippen LogP contribution in [0.5, 0.6) is 0 Å². The first-order valence-electron chi connectivity index (χ1n) is 5.11. The van der Waals surface area contributed by atoms with Gasteiger partial charge in [0.05, 0.1) is 22.1 Å². The van der Waals surface area contributed by atoms with E-state index in [1.165, 1.54) is 6.07 Å². The number of hydrogen-bond donors (Lipinski definition) is 1. The molecule has 7 heteroatoms. The molecular weight excluding hydrogens is 311 g/mol. The SMILES string of the molecule is O=C(O)c1coc(CS(=O)c2cc(Cl)cc(Cl)c2)c1. The Morgan fingerprint density at radius 2 is 1.84 bits per heavy atom. The first kappa shape index (κ1) is 14.1. The summed E-state index contributed by atoms with van der Waals surface area (Å²) in [6.07, 6.45) is 1.11. The first-order chi connectivity index (χ1) is 8.95. The van der Waals surface area contributed by atoms with Crippen LogP contribution >= 0.6 is 23.2 Å². The standard InChI is InChI=1S/C12H8Cl2O4S/c13-8-2-9(14)4-11(3-8)19(17)6-10-1-7(5-18-10)12(15)16/h1-5H,6H2,(H,15,16). The summed E-state index contributed by atoms with van der Waals surface area (Å²) < 4.78 is 17.1. The summed E-state index contributed by atoms with van der Waals surface area (Å²) in [5, 5.41) is 9.53. The molecule has 19 heavy (non-hydrogen) atoms. The molecule has 0 aliphatic rings. The van der Waals surface area contributed by atoms with E-state index in [4.69, 9.17) is 32.7 Å². The summed E-state index contributed by atoms with van der Waals surface area (Å²) >= 11 is 11.6. The third-order valence-corrected chi connectivity index (χ3v) is 4.02.